The first-order valence-corrected chi connectivity index (χ1v) is 12.6. The Morgan fingerprint density at radius 2 is 1.82 bits per heavy atom. The zero-order valence-electron chi connectivity index (χ0n) is 20.7. The molecule has 14 heteroatoms. The van der Waals surface area contributed by atoms with Crippen LogP contribution in [0.2, 0.25) is 0 Å². The minimum absolute atomic E-state index is 0.00893. The Balaban J connectivity index is 1.58. The highest BCUT2D eigenvalue weighted by Gasteiger charge is 2.38. The third kappa shape index (κ3) is 8.73. The number of nitrogens with one attached hydrogen (secondary N) is 2. The lowest BCUT2D eigenvalue weighted by atomic mass is 9.95. The van der Waals surface area contributed by atoms with Gasteiger partial charge in [0.05, 0.1) is 28.2 Å². The number of amides is 2. The molecule has 38 heavy (non-hydrogen) atoms. The van der Waals surface area contributed by atoms with Crippen LogP contribution in [0.1, 0.15) is 43.4 Å². The van der Waals surface area contributed by atoms with Crippen LogP contribution in [0.5, 0.6) is 0 Å². The molecule has 210 valence electrons. The van der Waals surface area contributed by atoms with Crippen LogP contribution in [0.3, 0.4) is 0 Å². The minimum Gasteiger partial charge on any atom is -0.389 e. The van der Waals surface area contributed by atoms with Crippen molar-refractivity contribution < 1.29 is 41.0 Å². The van der Waals surface area contributed by atoms with Gasteiger partial charge in [0, 0.05) is 13.1 Å². The Morgan fingerprint density at radius 3 is 2.39 bits per heavy atom. The number of hydrogen-bond acceptors (Lipinski definition) is 6. The maximum atomic E-state index is 13.5. The number of amidine groups is 1. The van der Waals surface area contributed by atoms with Gasteiger partial charge >= 0.3 is 17.6 Å². The lowest BCUT2D eigenvalue weighted by Crippen LogP contribution is -2.43. The van der Waals surface area contributed by atoms with E-state index in [9.17, 15) is 41.0 Å². The summed E-state index contributed by atoms with van der Waals surface area (Å²) in [5, 5.41) is 14.6. The van der Waals surface area contributed by atoms with E-state index in [4.69, 9.17) is 0 Å². The normalized spacial score (nSPS) is 19.1. The topological polar surface area (TPSA) is 94.0 Å². The largest absolute Gasteiger partial charge is 0.416 e. The van der Waals surface area contributed by atoms with Crippen molar-refractivity contribution in [1.82, 2.24) is 15.5 Å². The molecule has 1 aromatic carbocycles. The van der Waals surface area contributed by atoms with Crippen molar-refractivity contribution in [1.29, 1.82) is 0 Å². The molecule has 2 amide bonds. The molecule has 0 atom stereocenters. The van der Waals surface area contributed by atoms with E-state index in [0.29, 0.717) is 36.9 Å². The molecule has 0 aliphatic carbocycles. The van der Waals surface area contributed by atoms with Gasteiger partial charge in [-0.2, -0.15) is 31.3 Å². The number of thioether (sulfide) groups is 1. The number of aliphatic imine (C=N–C) groups is 1. The first-order chi connectivity index (χ1) is 17.5. The van der Waals surface area contributed by atoms with E-state index in [1.54, 1.807) is 18.7 Å². The number of allylic oxidation sites excluding steroid dienone is 1. The summed E-state index contributed by atoms with van der Waals surface area (Å²) in [6.07, 6.45) is -6.84. The number of aliphatic hydroxyl groups is 1. The van der Waals surface area contributed by atoms with Crippen molar-refractivity contribution in [2.24, 2.45) is 10.9 Å². The molecule has 3 N–H and O–H groups in total. The van der Waals surface area contributed by atoms with E-state index in [2.05, 4.69) is 15.6 Å². The molecule has 0 spiro atoms. The highest BCUT2D eigenvalue weighted by molar-refractivity contribution is 8.18. The van der Waals surface area contributed by atoms with Gasteiger partial charge in [-0.1, -0.05) is 12.1 Å². The van der Waals surface area contributed by atoms with Gasteiger partial charge in [0.15, 0.2) is 0 Å². The van der Waals surface area contributed by atoms with Crippen LogP contribution < -0.4 is 10.6 Å². The maximum Gasteiger partial charge on any atom is 0.416 e. The Morgan fingerprint density at radius 1 is 1.16 bits per heavy atom. The molecule has 0 radical (unpaired) electrons. The highest BCUT2D eigenvalue weighted by Crippen LogP contribution is 2.38. The van der Waals surface area contributed by atoms with Crippen molar-refractivity contribution in [3.63, 3.8) is 0 Å². The average Bonchev–Trinajstić information content (AvgIpc) is 3.14. The Hall–Kier alpha value is -2.58. The third-order valence-corrected chi connectivity index (χ3v) is 6.74. The van der Waals surface area contributed by atoms with E-state index in [1.807, 2.05) is 6.08 Å². The second kappa shape index (κ2) is 11.7. The number of nitrogens with zero attached hydrogens (tertiary/aromatic N) is 2. The number of benzene rings is 1. The molecule has 1 fully saturated rings. The summed E-state index contributed by atoms with van der Waals surface area (Å²) in [7, 11) is 0. The summed E-state index contributed by atoms with van der Waals surface area (Å²) in [6.45, 7) is 3.65. The smallest absolute Gasteiger partial charge is 0.389 e. The molecular formula is C24H28F6N4O3S. The number of likely N-dealkylation sites (tertiary alicyclic amines) is 1. The highest BCUT2D eigenvalue weighted by atomic mass is 32.2. The number of hydrogen-bond donors (Lipinski definition) is 3. The standard InChI is InChI=1S/C24H28F6N4O3S/c1-22(2,37)13-32-19(35)11-31-20-18(38-21(36)33-20)9-14-5-7-34(8-6-14)12-15-3-4-16(23(25,26)27)10-17(15)24(28,29)30/h3-4,9-10,14,37H,5-8,11-13H2,1-2H3,(H,32,35)(H,31,33,36)/b18-9-. The summed E-state index contributed by atoms with van der Waals surface area (Å²) in [5.41, 5.74) is -3.94. The zero-order chi connectivity index (χ0) is 28.3. The fourth-order valence-corrected chi connectivity index (χ4v) is 4.78. The molecule has 0 aromatic heterocycles. The number of halogens is 6. The van der Waals surface area contributed by atoms with Gasteiger partial charge in [-0.25, -0.2) is 0 Å². The van der Waals surface area contributed by atoms with Crippen molar-refractivity contribution >= 4 is 28.7 Å². The SMILES string of the molecule is CC(C)(O)CNC(=O)CNC1=NC(=O)S/C1=C\C1CCN(Cc2ccc(C(F)(F)F)cc2C(F)(F)F)CC1. The molecule has 1 saturated heterocycles. The van der Waals surface area contributed by atoms with Gasteiger partial charge in [-0.3, -0.25) is 14.5 Å². The van der Waals surface area contributed by atoms with E-state index in [-0.39, 0.29) is 43.0 Å². The van der Waals surface area contributed by atoms with Gasteiger partial charge in [-0.15, -0.1) is 0 Å². The molecule has 7 nitrogen and oxygen atoms in total. The van der Waals surface area contributed by atoms with E-state index in [0.717, 1.165) is 17.8 Å². The van der Waals surface area contributed by atoms with Crippen LogP contribution in [-0.4, -0.2) is 58.8 Å². The van der Waals surface area contributed by atoms with Gasteiger partial charge in [0.2, 0.25) is 5.91 Å². The third-order valence-electron chi connectivity index (χ3n) is 5.92. The second-order valence-corrected chi connectivity index (χ2v) is 10.8. The lowest BCUT2D eigenvalue weighted by Gasteiger charge is -2.31. The first kappa shape index (κ1) is 30.0. The van der Waals surface area contributed by atoms with Crippen molar-refractivity contribution in [2.45, 2.75) is 51.2 Å². The fraction of sp³-hybridized carbons (Fsp3) is 0.542. The second-order valence-electron chi connectivity index (χ2n) is 9.78. The molecule has 1 aromatic rings. The van der Waals surface area contributed by atoms with Crippen LogP contribution in [0, 0.1) is 5.92 Å². The van der Waals surface area contributed by atoms with Crippen LogP contribution in [0.4, 0.5) is 31.1 Å². The molecule has 2 aliphatic rings. The van der Waals surface area contributed by atoms with Crippen molar-refractivity contribution in [3.8, 4) is 0 Å². The summed E-state index contributed by atoms with van der Waals surface area (Å²) in [4.78, 5) is 30.0. The summed E-state index contributed by atoms with van der Waals surface area (Å²) >= 11 is 0.902. The lowest BCUT2D eigenvalue weighted by molar-refractivity contribution is -0.143. The van der Waals surface area contributed by atoms with Gasteiger partial charge in [-0.05, 0) is 75.2 Å². The molecule has 2 aliphatic heterocycles. The Bertz CT molecular complexity index is 1100. The first-order valence-electron chi connectivity index (χ1n) is 11.8. The number of carbonyl (C=O) groups is 2. The molecule has 0 unspecified atom stereocenters. The van der Waals surface area contributed by atoms with E-state index in [1.165, 1.54) is 0 Å². The number of alkyl halides is 6. The number of rotatable bonds is 7. The zero-order valence-corrected chi connectivity index (χ0v) is 21.5. The quantitative estimate of drug-likeness (QED) is 0.419. The molecular weight excluding hydrogens is 538 g/mol. The molecule has 2 heterocycles. The van der Waals surface area contributed by atoms with E-state index >= 15 is 0 Å². The van der Waals surface area contributed by atoms with Crippen LogP contribution in [-0.2, 0) is 23.7 Å². The van der Waals surface area contributed by atoms with Gasteiger partial charge in [0.1, 0.15) is 5.84 Å². The average molecular weight is 567 g/mol. The van der Waals surface area contributed by atoms with Crippen LogP contribution >= 0.6 is 11.8 Å². The fourth-order valence-electron chi connectivity index (χ4n) is 3.98. The van der Waals surface area contributed by atoms with Crippen molar-refractivity contribution in [3.05, 3.63) is 45.9 Å². The molecule has 0 saturated carbocycles. The number of piperidine rings is 1. The minimum atomic E-state index is -4.92. The van der Waals surface area contributed by atoms with Gasteiger partial charge < -0.3 is 15.7 Å². The summed E-state index contributed by atoms with van der Waals surface area (Å²) in [5.74, 6) is -0.154. The predicted octanol–water partition coefficient (Wildman–Crippen LogP) is 4.56. The molecule has 0 bridgehead atoms. The summed E-state index contributed by atoms with van der Waals surface area (Å²) < 4.78 is 79.2. The Labute approximate surface area is 219 Å². The summed E-state index contributed by atoms with van der Waals surface area (Å²) in [6, 6.07) is 1.70. The van der Waals surface area contributed by atoms with Crippen LogP contribution in [0.15, 0.2) is 34.2 Å². The Kier molecular flexibility index (Phi) is 9.20. The molecule has 3 rings (SSSR count). The van der Waals surface area contributed by atoms with E-state index < -0.39 is 40.2 Å². The maximum absolute atomic E-state index is 13.5. The van der Waals surface area contributed by atoms with Crippen molar-refractivity contribution in [2.75, 3.05) is 26.2 Å². The van der Waals surface area contributed by atoms with Crippen LogP contribution in [0.25, 0.3) is 0 Å². The van der Waals surface area contributed by atoms with Gasteiger partial charge in [0.25, 0.3) is 0 Å². The predicted molar refractivity (Wildman–Crippen MR) is 130 cm³/mol. The monoisotopic (exact) mass is 566 g/mol. The number of carbonyl (C=O) groups excluding carboxylic acids is 2.